The van der Waals surface area contributed by atoms with Gasteiger partial charge in [-0.15, -0.1) is 0 Å². The van der Waals surface area contributed by atoms with Gasteiger partial charge in [0.2, 0.25) is 5.95 Å². The number of amides is 2. The van der Waals surface area contributed by atoms with Gasteiger partial charge in [0, 0.05) is 71.0 Å². The molecule has 0 aliphatic carbocycles. The van der Waals surface area contributed by atoms with Crippen molar-refractivity contribution in [2.45, 2.75) is 25.9 Å². The van der Waals surface area contributed by atoms with Gasteiger partial charge in [0.25, 0.3) is 0 Å². The Labute approximate surface area is 147 Å². The zero-order valence-corrected chi connectivity index (χ0v) is 15.0. The molecule has 0 radical (unpaired) electrons. The van der Waals surface area contributed by atoms with Crippen LogP contribution in [-0.2, 0) is 19.5 Å². The average molecular weight is 343 g/mol. The number of hydrogen-bond acceptors (Lipinski definition) is 5. The molecule has 0 saturated heterocycles. The van der Waals surface area contributed by atoms with E-state index in [1.165, 1.54) is 0 Å². The van der Waals surface area contributed by atoms with Gasteiger partial charge in [0.05, 0.1) is 6.54 Å². The highest BCUT2D eigenvalue weighted by molar-refractivity contribution is 5.73. The summed E-state index contributed by atoms with van der Waals surface area (Å²) in [5.74, 6) is 2.25. The van der Waals surface area contributed by atoms with Crippen molar-refractivity contribution in [3.63, 3.8) is 0 Å². The van der Waals surface area contributed by atoms with Crippen LogP contribution >= 0.6 is 0 Å². The van der Waals surface area contributed by atoms with Crippen molar-refractivity contribution in [1.29, 1.82) is 0 Å². The van der Waals surface area contributed by atoms with Gasteiger partial charge in [-0.1, -0.05) is 0 Å². The largest absolute Gasteiger partial charge is 0.347 e. The van der Waals surface area contributed by atoms with E-state index in [-0.39, 0.29) is 6.03 Å². The molecule has 0 aromatic carbocycles. The summed E-state index contributed by atoms with van der Waals surface area (Å²) in [6.07, 6.45) is 9.39. The SMILES string of the molecule is CN(Cc1cnc(N(C)C)nc1)C(=O)NCC1CCc2nccn2C1. The summed E-state index contributed by atoms with van der Waals surface area (Å²) < 4.78 is 2.17. The van der Waals surface area contributed by atoms with E-state index in [0.717, 1.165) is 30.8 Å². The molecule has 25 heavy (non-hydrogen) atoms. The molecule has 3 rings (SSSR count). The number of rotatable bonds is 5. The van der Waals surface area contributed by atoms with Crippen molar-refractivity contribution in [3.05, 3.63) is 36.2 Å². The van der Waals surface area contributed by atoms with Crippen molar-refractivity contribution in [2.75, 3.05) is 32.6 Å². The lowest BCUT2D eigenvalue weighted by atomic mass is 9.99. The summed E-state index contributed by atoms with van der Waals surface area (Å²) >= 11 is 0. The Bertz CT molecular complexity index is 710. The third-order valence-corrected chi connectivity index (χ3v) is 4.43. The quantitative estimate of drug-likeness (QED) is 0.881. The molecule has 0 bridgehead atoms. The van der Waals surface area contributed by atoms with Gasteiger partial charge in [-0.25, -0.2) is 19.7 Å². The molecule has 1 atom stereocenters. The monoisotopic (exact) mass is 343 g/mol. The fourth-order valence-corrected chi connectivity index (χ4v) is 2.98. The van der Waals surface area contributed by atoms with Crippen molar-refractivity contribution < 1.29 is 4.79 Å². The molecule has 2 aromatic heterocycles. The lowest BCUT2D eigenvalue weighted by molar-refractivity contribution is 0.202. The van der Waals surface area contributed by atoms with Crippen LogP contribution in [0.3, 0.4) is 0 Å². The predicted octanol–water partition coefficient (Wildman–Crippen LogP) is 1.14. The Morgan fingerprint density at radius 1 is 1.28 bits per heavy atom. The summed E-state index contributed by atoms with van der Waals surface area (Å²) in [5, 5.41) is 3.03. The van der Waals surface area contributed by atoms with E-state index in [0.29, 0.717) is 25.0 Å². The first kappa shape index (κ1) is 17.2. The Morgan fingerprint density at radius 2 is 2.04 bits per heavy atom. The van der Waals surface area contributed by atoms with Gasteiger partial charge in [-0.2, -0.15) is 0 Å². The Balaban J connectivity index is 1.46. The molecule has 2 aromatic rings. The molecule has 2 amide bonds. The summed E-state index contributed by atoms with van der Waals surface area (Å²) in [7, 11) is 5.57. The predicted molar refractivity (Wildman–Crippen MR) is 95.3 cm³/mol. The normalized spacial score (nSPS) is 16.2. The zero-order chi connectivity index (χ0) is 17.8. The molecule has 8 heteroatoms. The van der Waals surface area contributed by atoms with Crippen LogP contribution < -0.4 is 10.2 Å². The van der Waals surface area contributed by atoms with Crippen LogP contribution in [-0.4, -0.2) is 58.1 Å². The number of imidazole rings is 1. The first-order valence-corrected chi connectivity index (χ1v) is 8.50. The Hall–Kier alpha value is -2.64. The van der Waals surface area contributed by atoms with E-state index in [1.807, 2.05) is 31.4 Å². The van der Waals surface area contributed by atoms with Crippen LogP contribution in [0.2, 0.25) is 0 Å². The van der Waals surface area contributed by atoms with Gasteiger partial charge in [-0.3, -0.25) is 0 Å². The molecular formula is C17H25N7O. The number of carbonyl (C=O) groups is 1. The first-order valence-electron chi connectivity index (χ1n) is 8.50. The Kier molecular flexibility index (Phi) is 5.16. The van der Waals surface area contributed by atoms with Crippen LogP contribution in [0, 0.1) is 5.92 Å². The molecule has 8 nitrogen and oxygen atoms in total. The van der Waals surface area contributed by atoms with Crippen LogP contribution in [0.25, 0.3) is 0 Å². The van der Waals surface area contributed by atoms with Crippen molar-refractivity contribution in [2.24, 2.45) is 5.92 Å². The molecule has 0 spiro atoms. The number of fused-ring (bicyclic) bond motifs is 1. The second-order valence-electron chi connectivity index (χ2n) is 6.73. The topological polar surface area (TPSA) is 79.2 Å². The van der Waals surface area contributed by atoms with E-state index in [1.54, 1.807) is 24.3 Å². The molecule has 3 heterocycles. The number of urea groups is 1. The van der Waals surface area contributed by atoms with Crippen molar-refractivity contribution in [3.8, 4) is 0 Å². The van der Waals surface area contributed by atoms with E-state index in [2.05, 4.69) is 24.8 Å². The first-order chi connectivity index (χ1) is 12.0. The second-order valence-corrected chi connectivity index (χ2v) is 6.73. The third-order valence-electron chi connectivity index (χ3n) is 4.43. The van der Waals surface area contributed by atoms with Gasteiger partial charge in [0.1, 0.15) is 5.82 Å². The molecular weight excluding hydrogens is 318 g/mol. The lowest BCUT2D eigenvalue weighted by Crippen LogP contribution is -2.40. The number of anilines is 1. The highest BCUT2D eigenvalue weighted by Gasteiger charge is 2.20. The van der Waals surface area contributed by atoms with Crippen LogP contribution in [0.15, 0.2) is 24.8 Å². The minimum absolute atomic E-state index is 0.0758. The minimum atomic E-state index is -0.0758. The standard InChI is InChI=1S/C17H25N7O/c1-22(2)16-19-9-14(10-20-16)11-23(3)17(25)21-8-13-4-5-15-18-6-7-24(15)12-13/h6-7,9-10,13H,4-5,8,11-12H2,1-3H3,(H,21,25). The summed E-state index contributed by atoms with van der Waals surface area (Å²) in [5.41, 5.74) is 0.906. The van der Waals surface area contributed by atoms with Gasteiger partial charge >= 0.3 is 6.03 Å². The van der Waals surface area contributed by atoms with E-state index < -0.39 is 0 Å². The summed E-state index contributed by atoms with van der Waals surface area (Å²) in [6, 6.07) is -0.0758. The van der Waals surface area contributed by atoms with Gasteiger partial charge in [-0.05, 0) is 12.3 Å². The van der Waals surface area contributed by atoms with Crippen LogP contribution in [0.5, 0.6) is 0 Å². The second kappa shape index (κ2) is 7.50. The summed E-state index contributed by atoms with van der Waals surface area (Å²) in [4.78, 5) is 28.7. The Morgan fingerprint density at radius 3 is 2.76 bits per heavy atom. The van der Waals surface area contributed by atoms with Crippen LogP contribution in [0.1, 0.15) is 17.8 Å². The fraction of sp³-hybridized carbons (Fsp3) is 0.529. The highest BCUT2D eigenvalue weighted by atomic mass is 16.2. The fourth-order valence-electron chi connectivity index (χ4n) is 2.98. The smallest absolute Gasteiger partial charge is 0.317 e. The number of aryl methyl sites for hydroxylation is 1. The maximum absolute atomic E-state index is 12.3. The number of nitrogens with zero attached hydrogens (tertiary/aromatic N) is 6. The lowest BCUT2D eigenvalue weighted by Gasteiger charge is -2.25. The van der Waals surface area contributed by atoms with E-state index in [4.69, 9.17) is 0 Å². The number of aromatic nitrogens is 4. The van der Waals surface area contributed by atoms with Crippen LogP contribution in [0.4, 0.5) is 10.7 Å². The van der Waals surface area contributed by atoms with E-state index in [9.17, 15) is 4.79 Å². The summed E-state index contributed by atoms with van der Waals surface area (Å²) in [6.45, 7) is 2.08. The molecule has 1 aliphatic rings. The average Bonchev–Trinajstić information content (AvgIpc) is 3.07. The molecule has 1 aliphatic heterocycles. The zero-order valence-electron chi connectivity index (χ0n) is 15.0. The highest BCUT2D eigenvalue weighted by Crippen LogP contribution is 2.18. The molecule has 1 unspecified atom stereocenters. The van der Waals surface area contributed by atoms with Crippen molar-refractivity contribution in [1.82, 2.24) is 29.7 Å². The van der Waals surface area contributed by atoms with Gasteiger partial charge in [0.15, 0.2) is 0 Å². The third kappa shape index (κ3) is 4.26. The maximum Gasteiger partial charge on any atom is 0.317 e. The molecule has 134 valence electrons. The minimum Gasteiger partial charge on any atom is -0.347 e. The van der Waals surface area contributed by atoms with Gasteiger partial charge < -0.3 is 19.7 Å². The van der Waals surface area contributed by atoms with Crippen molar-refractivity contribution >= 4 is 12.0 Å². The maximum atomic E-state index is 12.3. The molecule has 0 saturated carbocycles. The number of hydrogen-bond donors (Lipinski definition) is 1. The number of nitrogens with one attached hydrogen (secondary N) is 1. The molecule has 0 fully saturated rings. The van der Waals surface area contributed by atoms with E-state index >= 15 is 0 Å². The molecule has 1 N–H and O–H groups in total. The number of carbonyl (C=O) groups excluding carboxylic acids is 1.